The van der Waals surface area contributed by atoms with E-state index in [2.05, 4.69) is 43.5 Å². The van der Waals surface area contributed by atoms with Gasteiger partial charge in [0.2, 0.25) is 5.91 Å². The Morgan fingerprint density at radius 3 is 1.33 bits per heavy atom. The van der Waals surface area contributed by atoms with Crippen LogP contribution in [-0.2, 0) is 14.3 Å². The molecule has 0 rings (SSSR count). The Morgan fingerprint density at radius 2 is 0.862 bits per heavy atom. The number of allylic oxidation sites excluding steroid dienone is 5. The number of esters is 1. The second-order valence-corrected chi connectivity index (χ2v) is 17.1. The van der Waals surface area contributed by atoms with Crippen molar-refractivity contribution in [2.24, 2.45) is 0 Å². The molecule has 2 unspecified atom stereocenters. The highest BCUT2D eigenvalue weighted by atomic mass is 16.5. The van der Waals surface area contributed by atoms with Crippen LogP contribution in [0, 0.1) is 0 Å². The van der Waals surface area contributed by atoms with Gasteiger partial charge in [-0.05, 0) is 64.2 Å². The molecule has 0 spiro atoms. The predicted octanol–water partition coefficient (Wildman–Crippen LogP) is 14.9. The Kier molecular flexibility index (Phi) is 46.2. The summed E-state index contributed by atoms with van der Waals surface area (Å²) in [6.45, 7) is 4.82. The van der Waals surface area contributed by atoms with Crippen molar-refractivity contribution in [3.63, 3.8) is 0 Å². The number of amides is 1. The molecule has 6 heteroatoms. The van der Waals surface area contributed by atoms with Crippen LogP contribution in [0.3, 0.4) is 0 Å². The Hall–Kier alpha value is -1.92. The van der Waals surface area contributed by atoms with E-state index in [9.17, 15) is 19.8 Å². The summed E-state index contributed by atoms with van der Waals surface area (Å²) >= 11 is 0. The Balaban J connectivity index is 3.51. The van der Waals surface area contributed by atoms with Gasteiger partial charge in [-0.1, -0.05) is 217 Å². The number of carbonyl (C=O) groups is 2. The van der Waals surface area contributed by atoms with Gasteiger partial charge in [0, 0.05) is 12.8 Å². The number of aliphatic hydroxyl groups is 2. The highest BCUT2D eigenvalue weighted by Crippen LogP contribution is 2.15. The van der Waals surface area contributed by atoms with E-state index < -0.39 is 12.1 Å². The van der Waals surface area contributed by atoms with Crippen LogP contribution in [0.1, 0.15) is 258 Å². The Labute approximate surface area is 360 Å². The molecule has 0 heterocycles. The Morgan fingerprint density at radius 1 is 0.483 bits per heavy atom. The molecule has 0 aliphatic heterocycles. The SMILES string of the molecule is CCCCCC/C=C\C/C=C\CCCCCCCCCC(=O)OCCCCCCCCCCCCC(=O)NC(CO)C(O)/C=C/CCCCCCCCCCCCC. The monoisotopic (exact) mass is 816 g/mol. The lowest BCUT2D eigenvalue weighted by atomic mass is 10.0. The van der Waals surface area contributed by atoms with Crippen LogP contribution in [0.4, 0.5) is 0 Å². The summed E-state index contributed by atoms with van der Waals surface area (Å²) in [5.41, 5.74) is 0. The minimum atomic E-state index is -0.859. The number of aliphatic hydroxyl groups excluding tert-OH is 2. The molecule has 0 aromatic carbocycles. The van der Waals surface area contributed by atoms with Crippen LogP contribution in [0.5, 0.6) is 0 Å². The predicted molar refractivity (Wildman–Crippen MR) is 250 cm³/mol. The fourth-order valence-electron chi connectivity index (χ4n) is 7.49. The van der Waals surface area contributed by atoms with Gasteiger partial charge in [0.15, 0.2) is 0 Å². The number of hydrogen-bond donors (Lipinski definition) is 3. The standard InChI is InChI=1S/C52H97NO5/c1-3-5-7-9-11-13-15-17-18-19-20-21-23-25-30-34-38-42-46-52(57)58-47-43-39-35-31-27-26-29-33-37-41-45-51(56)53-49(48-54)50(55)44-40-36-32-28-24-22-16-14-12-10-8-6-4-2/h13,15,18-19,40,44,49-50,54-55H,3-12,14,16-17,20-39,41-43,45-48H2,1-2H3,(H,53,56)/b15-13-,19-18-,44-40+. The van der Waals surface area contributed by atoms with Crippen LogP contribution in [0.15, 0.2) is 36.5 Å². The lowest BCUT2D eigenvalue weighted by Gasteiger charge is -2.20. The quantitative estimate of drug-likeness (QED) is 0.0323. The zero-order valence-electron chi connectivity index (χ0n) is 38.5. The summed E-state index contributed by atoms with van der Waals surface area (Å²) < 4.78 is 5.46. The molecule has 6 nitrogen and oxygen atoms in total. The van der Waals surface area contributed by atoms with Crippen molar-refractivity contribution >= 4 is 11.9 Å². The summed E-state index contributed by atoms with van der Waals surface area (Å²) in [5.74, 6) is -0.121. The molecule has 0 aliphatic carbocycles. The lowest BCUT2D eigenvalue weighted by molar-refractivity contribution is -0.143. The van der Waals surface area contributed by atoms with E-state index in [0.29, 0.717) is 19.4 Å². The highest BCUT2D eigenvalue weighted by Gasteiger charge is 2.18. The van der Waals surface area contributed by atoms with E-state index in [4.69, 9.17) is 4.74 Å². The molecule has 0 saturated carbocycles. The first kappa shape index (κ1) is 56.1. The maximum Gasteiger partial charge on any atom is 0.305 e. The summed E-state index contributed by atoms with van der Waals surface area (Å²) in [6, 6.07) is -0.645. The van der Waals surface area contributed by atoms with E-state index in [1.54, 1.807) is 6.08 Å². The third-order valence-corrected chi connectivity index (χ3v) is 11.4. The fraction of sp³-hybridized carbons (Fsp3) is 0.846. The zero-order chi connectivity index (χ0) is 42.3. The van der Waals surface area contributed by atoms with Crippen LogP contribution >= 0.6 is 0 Å². The average molecular weight is 816 g/mol. The van der Waals surface area contributed by atoms with Gasteiger partial charge in [0.05, 0.1) is 25.4 Å². The number of rotatable bonds is 46. The van der Waals surface area contributed by atoms with E-state index in [-0.39, 0.29) is 18.5 Å². The number of hydrogen-bond acceptors (Lipinski definition) is 5. The third kappa shape index (κ3) is 43.7. The maximum absolute atomic E-state index is 12.4. The molecule has 3 N–H and O–H groups in total. The molecule has 340 valence electrons. The first-order valence-corrected chi connectivity index (χ1v) is 25.3. The van der Waals surface area contributed by atoms with Crippen molar-refractivity contribution < 1.29 is 24.5 Å². The smallest absolute Gasteiger partial charge is 0.305 e. The van der Waals surface area contributed by atoms with Crippen molar-refractivity contribution in [2.45, 2.75) is 270 Å². The molecule has 0 aliphatic rings. The van der Waals surface area contributed by atoms with E-state index in [0.717, 1.165) is 64.2 Å². The normalized spacial score (nSPS) is 13.0. The molecular weight excluding hydrogens is 719 g/mol. The molecule has 0 bridgehead atoms. The molecule has 0 radical (unpaired) electrons. The first-order chi connectivity index (χ1) is 28.5. The minimum absolute atomic E-state index is 0.0289. The molecule has 0 fully saturated rings. The number of nitrogens with one attached hydrogen (secondary N) is 1. The molecular formula is C52H97NO5. The minimum Gasteiger partial charge on any atom is -0.466 e. The van der Waals surface area contributed by atoms with Gasteiger partial charge in [-0.3, -0.25) is 9.59 Å². The average Bonchev–Trinajstić information content (AvgIpc) is 3.22. The van der Waals surface area contributed by atoms with Gasteiger partial charge in [0.1, 0.15) is 0 Å². The second kappa shape index (κ2) is 47.8. The molecule has 1 amide bonds. The molecule has 0 aromatic heterocycles. The Bertz CT molecular complexity index is 946. The molecule has 2 atom stereocenters. The van der Waals surface area contributed by atoms with Crippen molar-refractivity contribution in [1.82, 2.24) is 5.32 Å². The van der Waals surface area contributed by atoms with Gasteiger partial charge in [0.25, 0.3) is 0 Å². The van der Waals surface area contributed by atoms with Gasteiger partial charge in [-0.15, -0.1) is 0 Å². The lowest BCUT2D eigenvalue weighted by Crippen LogP contribution is -2.45. The summed E-state index contributed by atoms with van der Waals surface area (Å²) in [6.07, 6.45) is 57.0. The van der Waals surface area contributed by atoms with Gasteiger partial charge >= 0.3 is 5.97 Å². The van der Waals surface area contributed by atoms with E-state index >= 15 is 0 Å². The largest absolute Gasteiger partial charge is 0.466 e. The van der Waals surface area contributed by atoms with Crippen molar-refractivity contribution in [1.29, 1.82) is 0 Å². The zero-order valence-corrected chi connectivity index (χ0v) is 38.5. The molecule has 0 saturated heterocycles. The fourth-order valence-corrected chi connectivity index (χ4v) is 7.49. The first-order valence-electron chi connectivity index (χ1n) is 25.3. The van der Waals surface area contributed by atoms with Crippen LogP contribution < -0.4 is 5.32 Å². The van der Waals surface area contributed by atoms with Crippen LogP contribution in [0.2, 0.25) is 0 Å². The number of unbranched alkanes of at least 4 members (excludes halogenated alkanes) is 31. The van der Waals surface area contributed by atoms with Gasteiger partial charge in [-0.2, -0.15) is 0 Å². The molecule has 0 aromatic rings. The van der Waals surface area contributed by atoms with E-state index in [1.807, 2.05) is 6.08 Å². The topological polar surface area (TPSA) is 95.9 Å². The van der Waals surface area contributed by atoms with Crippen molar-refractivity contribution in [3.05, 3.63) is 36.5 Å². The third-order valence-electron chi connectivity index (χ3n) is 11.4. The van der Waals surface area contributed by atoms with Gasteiger partial charge in [-0.25, -0.2) is 0 Å². The van der Waals surface area contributed by atoms with Crippen LogP contribution in [-0.4, -0.2) is 47.4 Å². The van der Waals surface area contributed by atoms with E-state index in [1.165, 1.54) is 167 Å². The number of ether oxygens (including phenoxy) is 1. The van der Waals surface area contributed by atoms with Crippen LogP contribution in [0.25, 0.3) is 0 Å². The second-order valence-electron chi connectivity index (χ2n) is 17.1. The summed E-state index contributed by atoms with van der Waals surface area (Å²) in [5, 5.41) is 23.0. The summed E-state index contributed by atoms with van der Waals surface area (Å²) in [7, 11) is 0. The summed E-state index contributed by atoms with van der Waals surface area (Å²) in [4.78, 5) is 24.5. The van der Waals surface area contributed by atoms with Crippen molar-refractivity contribution in [2.75, 3.05) is 13.2 Å². The highest BCUT2D eigenvalue weighted by molar-refractivity contribution is 5.76. The van der Waals surface area contributed by atoms with Gasteiger partial charge < -0.3 is 20.3 Å². The molecule has 58 heavy (non-hydrogen) atoms. The number of carbonyl (C=O) groups excluding carboxylic acids is 2. The van der Waals surface area contributed by atoms with Crippen molar-refractivity contribution in [3.8, 4) is 0 Å². The maximum atomic E-state index is 12.4.